The molecule has 2 N–H and O–H groups in total. The second kappa shape index (κ2) is 6.43. The first-order valence-corrected chi connectivity index (χ1v) is 6.54. The summed E-state index contributed by atoms with van der Waals surface area (Å²) in [6.07, 6.45) is 0. The van der Waals surface area contributed by atoms with Crippen LogP contribution in [0.1, 0.15) is 19.4 Å². The van der Waals surface area contributed by atoms with Crippen molar-refractivity contribution in [3.05, 3.63) is 23.8 Å². The van der Waals surface area contributed by atoms with Crippen molar-refractivity contribution in [3.63, 3.8) is 0 Å². The fourth-order valence-corrected chi connectivity index (χ4v) is 1.76. The number of benzene rings is 1. The Balaban J connectivity index is 1.84. The molecule has 1 heterocycles. The zero-order valence-electron chi connectivity index (χ0n) is 11.4. The molecule has 0 saturated carbocycles. The van der Waals surface area contributed by atoms with Crippen molar-refractivity contribution in [2.24, 2.45) is 0 Å². The molecular weight excluding hydrogens is 244 g/mol. The van der Waals surface area contributed by atoms with Crippen LogP contribution in [-0.2, 0) is 11.3 Å². The van der Waals surface area contributed by atoms with Crippen LogP contribution in [0.3, 0.4) is 0 Å². The largest absolute Gasteiger partial charge is 0.486 e. The second-order valence-electron chi connectivity index (χ2n) is 4.79. The highest BCUT2D eigenvalue weighted by atomic mass is 16.6. The predicted molar refractivity (Wildman–Crippen MR) is 72.4 cm³/mol. The molecular formula is C14H20N2O3. The highest BCUT2D eigenvalue weighted by Gasteiger charge is 2.11. The van der Waals surface area contributed by atoms with Gasteiger partial charge < -0.3 is 20.1 Å². The first kappa shape index (κ1) is 13.7. The molecule has 0 saturated heterocycles. The van der Waals surface area contributed by atoms with Gasteiger partial charge in [-0.25, -0.2) is 0 Å². The third-order valence-corrected chi connectivity index (χ3v) is 2.77. The van der Waals surface area contributed by atoms with Crippen LogP contribution < -0.4 is 20.1 Å². The van der Waals surface area contributed by atoms with Crippen LogP contribution >= 0.6 is 0 Å². The fourth-order valence-electron chi connectivity index (χ4n) is 1.76. The standard InChI is InChI=1S/C14H20N2O3/c1-10(2)15-9-14(17)16-8-11-3-4-12-13(7-11)19-6-5-18-12/h3-4,7,10,15H,5-6,8-9H2,1-2H3,(H,16,17). The maximum absolute atomic E-state index is 11.6. The van der Waals surface area contributed by atoms with Crippen molar-refractivity contribution in [1.29, 1.82) is 0 Å². The van der Waals surface area contributed by atoms with Crippen LogP contribution in [0.5, 0.6) is 11.5 Å². The van der Waals surface area contributed by atoms with E-state index in [0.717, 1.165) is 17.1 Å². The Kier molecular flexibility index (Phi) is 4.63. The smallest absolute Gasteiger partial charge is 0.234 e. The summed E-state index contributed by atoms with van der Waals surface area (Å²) in [5.74, 6) is 1.50. The first-order chi connectivity index (χ1) is 9.15. The Morgan fingerprint density at radius 3 is 2.74 bits per heavy atom. The fraction of sp³-hybridized carbons (Fsp3) is 0.500. The third-order valence-electron chi connectivity index (χ3n) is 2.77. The van der Waals surface area contributed by atoms with Gasteiger partial charge in [-0.05, 0) is 17.7 Å². The summed E-state index contributed by atoms with van der Waals surface area (Å²) in [4.78, 5) is 11.6. The van der Waals surface area contributed by atoms with Crippen molar-refractivity contribution in [3.8, 4) is 11.5 Å². The lowest BCUT2D eigenvalue weighted by molar-refractivity contribution is -0.120. The Morgan fingerprint density at radius 2 is 2.00 bits per heavy atom. The second-order valence-corrected chi connectivity index (χ2v) is 4.79. The van der Waals surface area contributed by atoms with E-state index in [1.807, 2.05) is 32.0 Å². The minimum Gasteiger partial charge on any atom is -0.486 e. The Labute approximate surface area is 113 Å². The number of hydrogen-bond donors (Lipinski definition) is 2. The van der Waals surface area contributed by atoms with Gasteiger partial charge in [0.2, 0.25) is 5.91 Å². The van der Waals surface area contributed by atoms with E-state index in [9.17, 15) is 4.79 Å². The molecule has 1 aliphatic heterocycles. The van der Waals surface area contributed by atoms with E-state index in [0.29, 0.717) is 32.3 Å². The van der Waals surface area contributed by atoms with Crippen LogP contribution in [-0.4, -0.2) is 31.7 Å². The summed E-state index contributed by atoms with van der Waals surface area (Å²) in [6.45, 7) is 6.00. The molecule has 0 atom stereocenters. The Morgan fingerprint density at radius 1 is 1.26 bits per heavy atom. The van der Waals surface area contributed by atoms with E-state index in [-0.39, 0.29) is 5.91 Å². The molecule has 2 rings (SSSR count). The number of rotatable bonds is 5. The molecule has 5 nitrogen and oxygen atoms in total. The Hall–Kier alpha value is -1.75. The molecule has 0 bridgehead atoms. The number of amides is 1. The molecule has 0 fully saturated rings. The van der Waals surface area contributed by atoms with Gasteiger partial charge in [-0.2, -0.15) is 0 Å². The SMILES string of the molecule is CC(C)NCC(=O)NCc1ccc2c(c1)OCCO2. The summed E-state index contributed by atoms with van der Waals surface area (Å²) >= 11 is 0. The van der Waals surface area contributed by atoms with Gasteiger partial charge in [0, 0.05) is 12.6 Å². The van der Waals surface area contributed by atoms with E-state index < -0.39 is 0 Å². The number of carbonyl (C=O) groups is 1. The minimum absolute atomic E-state index is 0.0106. The quantitative estimate of drug-likeness (QED) is 0.835. The summed E-state index contributed by atoms with van der Waals surface area (Å²) in [7, 11) is 0. The molecule has 0 radical (unpaired) electrons. The van der Waals surface area contributed by atoms with Gasteiger partial charge in [-0.3, -0.25) is 4.79 Å². The molecule has 1 amide bonds. The topological polar surface area (TPSA) is 59.6 Å². The van der Waals surface area contributed by atoms with Crippen molar-refractivity contribution in [2.75, 3.05) is 19.8 Å². The summed E-state index contributed by atoms with van der Waals surface area (Å²) in [6, 6.07) is 6.02. The number of nitrogens with one attached hydrogen (secondary N) is 2. The van der Waals surface area contributed by atoms with E-state index in [1.54, 1.807) is 0 Å². The Bertz CT molecular complexity index is 446. The zero-order valence-corrected chi connectivity index (χ0v) is 11.4. The van der Waals surface area contributed by atoms with Crippen LogP contribution in [0.2, 0.25) is 0 Å². The molecule has 19 heavy (non-hydrogen) atoms. The maximum Gasteiger partial charge on any atom is 0.234 e. The average Bonchev–Trinajstić information content (AvgIpc) is 2.42. The molecule has 1 aromatic rings. The van der Waals surface area contributed by atoms with Gasteiger partial charge in [-0.15, -0.1) is 0 Å². The predicted octanol–water partition coefficient (Wildman–Crippen LogP) is 1.07. The normalized spacial score (nSPS) is 13.4. The van der Waals surface area contributed by atoms with Crippen molar-refractivity contribution < 1.29 is 14.3 Å². The molecule has 1 aromatic carbocycles. The zero-order chi connectivity index (χ0) is 13.7. The first-order valence-electron chi connectivity index (χ1n) is 6.54. The average molecular weight is 264 g/mol. The van der Waals surface area contributed by atoms with Gasteiger partial charge in [0.25, 0.3) is 0 Å². The van der Waals surface area contributed by atoms with Crippen LogP contribution in [0.4, 0.5) is 0 Å². The van der Waals surface area contributed by atoms with Crippen molar-refractivity contribution in [2.45, 2.75) is 26.4 Å². The monoisotopic (exact) mass is 264 g/mol. The molecule has 0 aliphatic carbocycles. The third kappa shape index (κ3) is 4.13. The lowest BCUT2D eigenvalue weighted by Crippen LogP contribution is -2.36. The van der Waals surface area contributed by atoms with Crippen LogP contribution in [0, 0.1) is 0 Å². The van der Waals surface area contributed by atoms with E-state index in [4.69, 9.17) is 9.47 Å². The minimum atomic E-state index is -0.0106. The van der Waals surface area contributed by atoms with Gasteiger partial charge in [-0.1, -0.05) is 19.9 Å². The summed E-state index contributed by atoms with van der Waals surface area (Å²) in [5.41, 5.74) is 1.00. The molecule has 5 heteroatoms. The maximum atomic E-state index is 11.6. The van der Waals surface area contributed by atoms with Gasteiger partial charge >= 0.3 is 0 Å². The van der Waals surface area contributed by atoms with Crippen molar-refractivity contribution >= 4 is 5.91 Å². The number of hydrogen-bond acceptors (Lipinski definition) is 4. The molecule has 0 unspecified atom stereocenters. The number of ether oxygens (including phenoxy) is 2. The van der Waals surface area contributed by atoms with Gasteiger partial charge in [0.15, 0.2) is 11.5 Å². The van der Waals surface area contributed by atoms with E-state index in [2.05, 4.69) is 10.6 Å². The molecule has 1 aliphatic rings. The van der Waals surface area contributed by atoms with E-state index in [1.165, 1.54) is 0 Å². The van der Waals surface area contributed by atoms with E-state index >= 15 is 0 Å². The number of carbonyl (C=O) groups excluding carboxylic acids is 1. The molecule has 0 spiro atoms. The number of fused-ring (bicyclic) bond motifs is 1. The molecule has 104 valence electrons. The van der Waals surface area contributed by atoms with Crippen LogP contribution in [0.25, 0.3) is 0 Å². The summed E-state index contributed by atoms with van der Waals surface area (Å²) in [5, 5.41) is 5.94. The van der Waals surface area contributed by atoms with Crippen molar-refractivity contribution in [1.82, 2.24) is 10.6 Å². The lowest BCUT2D eigenvalue weighted by Gasteiger charge is -2.19. The lowest BCUT2D eigenvalue weighted by atomic mass is 10.2. The van der Waals surface area contributed by atoms with Crippen LogP contribution in [0.15, 0.2) is 18.2 Å². The highest BCUT2D eigenvalue weighted by molar-refractivity contribution is 5.78. The van der Waals surface area contributed by atoms with Gasteiger partial charge in [0.1, 0.15) is 13.2 Å². The molecule has 0 aromatic heterocycles. The van der Waals surface area contributed by atoms with Gasteiger partial charge in [0.05, 0.1) is 6.54 Å². The highest BCUT2D eigenvalue weighted by Crippen LogP contribution is 2.30. The summed E-state index contributed by atoms with van der Waals surface area (Å²) < 4.78 is 10.9.